The Hall–Kier alpha value is -2.10. The normalized spacial score (nSPS) is 14.2. The Kier molecular flexibility index (Phi) is 10.1. The van der Waals surface area contributed by atoms with Crippen molar-refractivity contribution >= 4 is 40.3 Å². The molecule has 1 aliphatic heterocycles. The maximum Gasteiger partial charge on any atom is 0.220 e. The number of hydrogen-bond acceptors (Lipinski definition) is 6. The zero-order valence-corrected chi connectivity index (χ0v) is 19.5. The average molecular weight is 465 g/mol. The van der Waals surface area contributed by atoms with Crippen LogP contribution in [0.15, 0.2) is 34.5 Å². The van der Waals surface area contributed by atoms with Crippen LogP contribution in [0.5, 0.6) is 5.75 Å². The van der Waals surface area contributed by atoms with Gasteiger partial charge in [0.15, 0.2) is 5.11 Å². The van der Waals surface area contributed by atoms with E-state index in [1.54, 1.807) is 29.9 Å². The maximum atomic E-state index is 11.9. The van der Waals surface area contributed by atoms with Crippen LogP contribution < -0.4 is 20.7 Å². The molecule has 7 nitrogen and oxygen atoms in total. The molecule has 0 bridgehead atoms. The van der Waals surface area contributed by atoms with Crippen molar-refractivity contribution in [3.05, 3.63) is 34.9 Å². The minimum absolute atomic E-state index is 0.0508. The number of thiocarbonyl (C=S) groups is 1. The zero-order chi connectivity index (χ0) is 21.7. The largest absolute Gasteiger partial charge is 0.493 e. The molecule has 2 aromatic heterocycles. The van der Waals surface area contributed by atoms with Crippen LogP contribution in [0.4, 0.5) is 5.69 Å². The molecular weight excluding hydrogens is 432 g/mol. The van der Waals surface area contributed by atoms with Gasteiger partial charge in [-0.1, -0.05) is 6.42 Å². The van der Waals surface area contributed by atoms with E-state index in [1.807, 2.05) is 0 Å². The quantitative estimate of drug-likeness (QED) is 0.324. The zero-order valence-electron chi connectivity index (χ0n) is 17.9. The summed E-state index contributed by atoms with van der Waals surface area (Å²) in [5.74, 6) is 0.990. The molecule has 0 saturated carbocycles. The van der Waals surface area contributed by atoms with E-state index in [4.69, 9.17) is 21.4 Å². The number of carbonyl (C=O) groups excluding carboxylic acids is 1. The van der Waals surface area contributed by atoms with Gasteiger partial charge in [0.05, 0.1) is 18.6 Å². The van der Waals surface area contributed by atoms with Crippen molar-refractivity contribution < 1.29 is 13.9 Å². The highest BCUT2D eigenvalue weighted by Crippen LogP contribution is 2.24. The number of rotatable bonds is 12. The first-order chi connectivity index (χ1) is 15.2. The first-order valence-electron chi connectivity index (χ1n) is 11.0. The van der Waals surface area contributed by atoms with E-state index in [1.165, 1.54) is 37.2 Å². The van der Waals surface area contributed by atoms with Crippen LogP contribution in [-0.2, 0) is 11.3 Å². The van der Waals surface area contributed by atoms with E-state index < -0.39 is 0 Å². The van der Waals surface area contributed by atoms with Crippen molar-refractivity contribution in [3.63, 3.8) is 0 Å². The molecule has 1 aliphatic rings. The van der Waals surface area contributed by atoms with E-state index in [0.29, 0.717) is 37.7 Å². The van der Waals surface area contributed by atoms with Crippen molar-refractivity contribution in [2.75, 3.05) is 38.1 Å². The molecule has 3 heterocycles. The van der Waals surface area contributed by atoms with Gasteiger partial charge in [0.1, 0.15) is 12.0 Å². The van der Waals surface area contributed by atoms with Crippen molar-refractivity contribution in [1.82, 2.24) is 15.5 Å². The fourth-order valence-electron chi connectivity index (χ4n) is 3.40. The van der Waals surface area contributed by atoms with Gasteiger partial charge in [-0.15, -0.1) is 11.3 Å². The Morgan fingerprint density at radius 2 is 2.03 bits per heavy atom. The average Bonchev–Trinajstić information content (AvgIpc) is 3.44. The van der Waals surface area contributed by atoms with Gasteiger partial charge in [-0.25, -0.2) is 0 Å². The summed E-state index contributed by atoms with van der Waals surface area (Å²) in [6.07, 6.45) is 9.12. The summed E-state index contributed by atoms with van der Waals surface area (Å²) in [6.45, 7) is 5.31. The summed E-state index contributed by atoms with van der Waals surface area (Å²) in [6, 6.07) is 3.94. The number of thiophene rings is 1. The molecule has 0 radical (unpaired) electrons. The van der Waals surface area contributed by atoms with Crippen LogP contribution in [0.2, 0.25) is 0 Å². The van der Waals surface area contributed by atoms with Gasteiger partial charge in [-0.05, 0) is 63.1 Å². The molecule has 2 aromatic rings. The second-order valence-electron chi connectivity index (χ2n) is 7.63. The highest BCUT2D eigenvalue weighted by molar-refractivity contribution is 7.80. The lowest BCUT2D eigenvalue weighted by molar-refractivity contribution is -0.121. The molecule has 1 fully saturated rings. The van der Waals surface area contributed by atoms with Gasteiger partial charge >= 0.3 is 0 Å². The van der Waals surface area contributed by atoms with Gasteiger partial charge in [-0.3, -0.25) is 9.69 Å². The van der Waals surface area contributed by atoms with Crippen molar-refractivity contribution in [2.45, 2.75) is 45.1 Å². The lowest BCUT2D eigenvalue weighted by atomic mass is 10.1. The van der Waals surface area contributed by atoms with Gasteiger partial charge in [0.25, 0.3) is 0 Å². The van der Waals surface area contributed by atoms with E-state index >= 15 is 0 Å². The molecule has 0 unspecified atom stereocenters. The van der Waals surface area contributed by atoms with Crippen LogP contribution >= 0.6 is 23.6 Å². The fourth-order valence-corrected chi connectivity index (χ4v) is 4.46. The second-order valence-corrected chi connectivity index (χ2v) is 9.04. The predicted molar refractivity (Wildman–Crippen MR) is 129 cm³/mol. The maximum absolute atomic E-state index is 11.9. The fraction of sp³-hybridized carbons (Fsp3) is 0.545. The first kappa shape index (κ1) is 23.6. The Morgan fingerprint density at radius 1 is 1.19 bits per heavy atom. The Bertz CT molecular complexity index is 789. The van der Waals surface area contributed by atoms with Gasteiger partial charge < -0.3 is 25.1 Å². The minimum atomic E-state index is 0.0508. The number of carbonyl (C=O) groups is 1. The van der Waals surface area contributed by atoms with Crippen molar-refractivity contribution in [2.24, 2.45) is 0 Å². The summed E-state index contributed by atoms with van der Waals surface area (Å²) in [5.41, 5.74) is 0.804. The molecule has 1 saturated heterocycles. The van der Waals surface area contributed by atoms with Crippen LogP contribution in [-0.4, -0.2) is 48.7 Å². The molecule has 31 heavy (non-hydrogen) atoms. The van der Waals surface area contributed by atoms with Crippen LogP contribution in [0.1, 0.15) is 43.4 Å². The monoisotopic (exact) mass is 464 g/mol. The highest BCUT2D eigenvalue weighted by Gasteiger charge is 2.12. The topological polar surface area (TPSA) is 78.8 Å². The van der Waals surface area contributed by atoms with Crippen molar-refractivity contribution in [1.29, 1.82) is 0 Å². The molecule has 0 atom stereocenters. The number of piperidine rings is 1. The first-order valence-corrected chi connectivity index (χ1v) is 12.2. The molecule has 170 valence electrons. The summed E-state index contributed by atoms with van der Waals surface area (Å²) < 4.78 is 10.8. The third kappa shape index (κ3) is 9.28. The number of hydrogen-bond donors (Lipinski definition) is 3. The predicted octanol–water partition coefficient (Wildman–Crippen LogP) is 3.98. The summed E-state index contributed by atoms with van der Waals surface area (Å²) in [7, 11) is 0. The number of anilines is 1. The Balaban J connectivity index is 1.17. The molecule has 3 N–H and O–H groups in total. The lowest BCUT2D eigenvalue weighted by Gasteiger charge is -2.25. The third-order valence-corrected chi connectivity index (χ3v) is 6.16. The van der Waals surface area contributed by atoms with Crippen LogP contribution in [0.3, 0.4) is 0 Å². The van der Waals surface area contributed by atoms with Crippen molar-refractivity contribution in [3.8, 4) is 5.75 Å². The Morgan fingerprint density at radius 3 is 2.84 bits per heavy atom. The number of nitrogens with one attached hydrogen (secondary N) is 3. The summed E-state index contributed by atoms with van der Waals surface area (Å²) in [4.78, 5) is 15.8. The van der Waals surface area contributed by atoms with Gasteiger partial charge in [0, 0.05) is 36.3 Å². The number of amides is 1. The van der Waals surface area contributed by atoms with Gasteiger partial charge in [-0.2, -0.15) is 0 Å². The van der Waals surface area contributed by atoms with Crippen LogP contribution in [0, 0.1) is 0 Å². The summed E-state index contributed by atoms with van der Waals surface area (Å²) >= 11 is 6.95. The van der Waals surface area contributed by atoms with E-state index in [9.17, 15) is 4.79 Å². The second kappa shape index (κ2) is 13.3. The summed E-state index contributed by atoms with van der Waals surface area (Å²) in [5, 5.41) is 11.6. The molecular formula is C22H32N4O3S2. The van der Waals surface area contributed by atoms with E-state index in [2.05, 4.69) is 32.3 Å². The van der Waals surface area contributed by atoms with E-state index in [-0.39, 0.29) is 5.91 Å². The number of furan rings is 1. The molecule has 1 amide bonds. The lowest BCUT2D eigenvalue weighted by Crippen LogP contribution is -2.30. The highest BCUT2D eigenvalue weighted by atomic mass is 32.1. The molecule has 0 aliphatic carbocycles. The smallest absolute Gasteiger partial charge is 0.220 e. The SMILES string of the molecule is O=C(CCCNC(=S)Nc1ccoc1)NCCCOc1csc(CN2CCCCC2)c1. The van der Waals surface area contributed by atoms with E-state index in [0.717, 1.165) is 24.4 Å². The van der Waals surface area contributed by atoms with Crippen LogP contribution in [0.25, 0.3) is 0 Å². The number of ether oxygens (including phenoxy) is 1. The minimum Gasteiger partial charge on any atom is -0.493 e. The Labute approximate surface area is 193 Å². The molecule has 0 spiro atoms. The third-order valence-electron chi connectivity index (χ3n) is 5.02. The standard InChI is InChI=1S/C22H32N4O3S2/c27-21(6-4-8-24-22(30)25-18-7-13-28-16-18)23-9-5-12-29-19-14-20(31-17-19)15-26-10-2-1-3-11-26/h7,13-14,16-17H,1-6,8-12,15H2,(H,23,27)(H2,24,25,30). The molecule has 3 rings (SSSR count). The van der Waals surface area contributed by atoms with Gasteiger partial charge in [0.2, 0.25) is 5.91 Å². The number of likely N-dealkylation sites (tertiary alicyclic amines) is 1. The molecule has 0 aromatic carbocycles. The molecule has 9 heteroatoms. The number of nitrogens with zero attached hydrogens (tertiary/aromatic N) is 1.